The number of amides is 1. The highest BCUT2D eigenvalue weighted by Gasteiger charge is 2.25. The third-order valence-electron chi connectivity index (χ3n) is 4.95. The molecule has 0 atom stereocenters. The van der Waals surface area contributed by atoms with Crippen molar-refractivity contribution >= 4 is 50.6 Å². The molecule has 156 valence electrons. The number of halogens is 2. The SMILES string of the molecule is CNCC/C=C/C(=O)N1CCc2c(sc3ncnc(Nc4ccc(F)c(Cl)c4)c23)C1. The Balaban J connectivity index is 1.58. The van der Waals surface area contributed by atoms with Crippen molar-refractivity contribution in [3.63, 3.8) is 0 Å². The minimum Gasteiger partial charge on any atom is -0.340 e. The Morgan fingerprint density at radius 3 is 3.07 bits per heavy atom. The van der Waals surface area contributed by atoms with E-state index >= 15 is 0 Å². The molecule has 3 heterocycles. The fraction of sp³-hybridized carbons (Fsp3) is 0.286. The molecule has 1 aliphatic rings. The van der Waals surface area contributed by atoms with Crippen molar-refractivity contribution in [1.29, 1.82) is 0 Å². The molecule has 0 aliphatic carbocycles. The van der Waals surface area contributed by atoms with Crippen molar-refractivity contribution < 1.29 is 9.18 Å². The van der Waals surface area contributed by atoms with E-state index < -0.39 is 5.82 Å². The summed E-state index contributed by atoms with van der Waals surface area (Å²) in [6.07, 6.45) is 6.62. The van der Waals surface area contributed by atoms with E-state index in [2.05, 4.69) is 20.6 Å². The Morgan fingerprint density at radius 1 is 1.40 bits per heavy atom. The van der Waals surface area contributed by atoms with Gasteiger partial charge in [0.2, 0.25) is 5.91 Å². The number of anilines is 2. The zero-order chi connectivity index (χ0) is 21.1. The number of rotatable bonds is 6. The lowest BCUT2D eigenvalue weighted by Gasteiger charge is -2.26. The highest BCUT2D eigenvalue weighted by molar-refractivity contribution is 7.19. The predicted molar refractivity (Wildman–Crippen MR) is 119 cm³/mol. The van der Waals surface area contributed by atoms with Crippen LogP contribution >= 0.6 is 22.9 Å². The highest BCUT2D eigenvalue weighted by atomic mass is 35.5. The van der Waals surface area contributed by atoms with Crippen LogP contribution in [0.2, 0.25) is 5.02 Å². The Morgan fingerprint density at radius 2 is 2.27 bits per heavy atom. The average molecular weight is 446 g/mol. The van der Waals surface area contributed by atoms with Gasteiger partial charge in [0.05, 0.1) is 17.0 Å². The molecule has 4 rings (SSSR count). The maximum Gasteiger partial charge on any atom is 0.246 e. The fourth-order valence-electron chi connectivity index (χ4n) is 3.44. The van der Waals surface area contributed by atoms with Crippen molar-refractivity contribution in [1.82, 2.24) is 20.2 Å². The van der Waals surface area contributed by atoms with Crippen LogP contribution < -0.4 is 10.6 Å². The zero-order valence-corrected chi connectivity index (χ0v) is 18.0. The van der Waals surface area contributed by atoms with E-state index in [-0.39, 0.29) is 10.9 Å². The number of hydrogen-bond donors (Lipinski definition) is 2. The summed E-state index contributed by atoms with van der Waals surface area (Å²) in [5.74, 6) is 0.222. The zero-order valence-electron chi connectivity index (χ0n) is 16.4. The molecule has 0 spiro atoms. The summed E-state index contributed by atoms with van der Waals surface area (Å²) in [5, 5.41) is 7.29. The summed E-state index contributed by atoms with van der Waals surface area (Å²) in [4.78, 5) is 25.1. The molecule has 0 saturated carbocycles. The van der Waals surface area contributed by atoms with Crippen LogP contribution in [0.4, 0.5) is 15.9 Å². The van der Waals surface area contributed by atoms with Gasteiger partial charge < -0.3 is 15.5 Å². The van der Waals surface area contributed by atoms with Gasteiger partial charge in [0.25, 0.3) is 0 Å². The molecule has 6 nitrogen and oxygen atoms in total. The van der Waals surface area contributed by atoms with Crippen molar-refractivity contribution in [2.24, 2.45) is 0 Å². The summed E-state index contributed by atoms with van der Waals surface area (Å²) in [5.41, 5.74) is 1.81. The standard InChI is InChI=1S/C21H21ClFN5OS/c1-24-8-3-2-4-18(29)28-9-7-14-17(11-28)30-21-19(14)20(25-12-26-21)27-13-5-6-16(23)15(22)10-13/h2,4-6,10,12,24H,3,7-9,11H2,1H3,(H,25,26,27)/b4-2+. The smallest absolute Gasteiger partial charge is 0.246 e. The number of aromatic nitrogens is 2. The number of carbonyl (C=O) groups is 1. The van der Waals surface area contributed by atoms with Crippen LogP contribution in [0.5, 0.6) is 0 Å². The molecule has 30 heavy (non-hydrogen) atoms. The van der Waals surface area contributed by atoms with Crippen molar-refractivity contribution in [3.8, 4) is 0 Å². The molecular weight excluding hydrogens is 425 g/mol. The first-order chi connectivity index (χ1) is 14.6. The summed E-state index contributed by atoms with van der Waals surface area (Å²) < 4.78 is 13.5. The number of nitrogens with one attached hydrogen (secondary N) is 2. The van der Waals surface area contributed by atoms with E-state index in [4.69, 9.17) is 11.6 Å². The van der Waals surface area contributed by atoms with Gasteiger partial charge in [-0.3, -0.25) is 4.79 Å². The Bertz CT molecular complexity index is 1120. The van der Waals surface area contributed by atoms with Crippen LogP contribution in [0.15, 0.2) is 36.7 Å². The van der Waals surface area contributed by atoms with E-state index in [0.717, 1.165) is 40.0 Å². The number of thiophene rings is 1. The van der Waals surface area contributed by atoms with Gasteiger partial charge in [-0.05, 0) is 56.3 Å². The lowest BCUT2D eigenvalue weighted by atomic mass is 10.0. The van der Waals surface area contributed by atoms with Gasteiger partial charge >= 0.3 is 0 Å². The molecule has 0 fully saturated rings. The van der Waals surface area contributed by atoms with E-state index in [1.54, 1.807) is 23.5 Å². The van der Waals surface area contributed by atoms with Crippen LogP contribution in [0.3, 0.4) is 0 Å². The quantitative estimate of drug-likeness (QED) is 0.438. The minimum absolute atomic E-state index is 0.0274. The summed E-state index contributed by atoms with van der Waals surface area (Å²) >= 11 is 7.48. The first-order valence-corrected chi connectivity index (χ1v) is 10.8. The number of carbonyl (C=O) groups excluding carboxylic acids is 1. The first-order valence-electron chi connectivity index (χ1n) is 9.64. The van der Waals surface area contributed by atoms with Crippen molar-refractivity contribution in [2.75, 3.05) is 25.5 Å². The number of benzene rings is 1. The Kier molecular flexibility index (Phi) is 6.26. The number of fused-ring (bicyclic) bond motifs is 3. The van der Waals surface area contributed by atoms with Crippen LogP contribution in [0.1, 0.15) is 16.9 Å². The third kappa shape index (κ3) is 4.30. The molecule has 1 aliphatic heterocycles. The summed E-state index contributed by atoms with van der Waals surface area (Å²) in [6.45, 7) is 2.05. The molecule has 1 amide bonds. The highest BCUT2D eigenvalue weighted by Crippen LogP contribution is 2.38. The largest absolute Gasteiger partial charge is 0.340 e. The van der Waals surface area contributed by atoms with E-state index in [1.807, 2.05) is 18.0 Å². The topological polar surface area (TPSA) is 70.2 Å². The summed E-state index contributed by atoms with van der Waals surface area (Å²) in [6, 6.07) is 4.47. The van der Waals surface area contributed by atoms with Gasteiger partial charge in [-0.25, -0.2) is 14.4 Å². The van der Waals surface area contributed by atoms with Gasteiger partial charge in [-0.2, -0.15) is 0 Å². The van der Waals surface area contributed by atoms with E-state index in [1.165, 1.54) is 18.5 Å². The van der Waals surface area contributed by atoms with Gasteiger partial charge in [0, 0.05) is 17.1 Å². The molecule has 2 aromatic heterocycles. The molecule has 3 aromatic rings. The second kappa shape index (κ2) is 9.07. The first kappa shape index (κ1) is 20.7. The van der Waals surface area contributed by atoms with Crippen LogP contribution in [-0.2, 0) is 17.8 Å². The van der Waals surface area contributed by atoms with Gasteiger partial charge in [-0.15, -0.1) is 11.3 Å². The monoisotopic (exact) mass is 445 g/mol. The molecule has 0 radical (unpaired) electrons. The van der Waals surface area contributed by atoms with Crippen molar-refractivity contribution in [2.45, 2.75) is 19.4 Å². The Hall–Kier alpha value is -2.55. The van der Waals surface area contributed by atoms with Gasteiger partial charge in [0.15, 0.2) is 0 Å². The fourth-order valence-corrected chi connectivity index (χ4v) is 4.82. The number of hydrogen-bond acceptors (Lipinski definition) is 6. The maximum absolute atomic E-state index is 13.5. The van der Waals surface area contributed by atoms with Gasteiger partial charge in [0.1, 0.15) is 22.8 Å². The second-order valence-electron chi connectivity index (χ2n) is 6.96. The van der Waals surface area contributed by atoms with Crippen LogP contribution in [0, 0.1) is 5.82 Å². The van der Waals surface area contributed by atoms with Crippen LogP contribution in [0.25, 0.3) is 10.2 Å². The number of nitrogens with zero attached hydrogens (tertiary/aromatic N) is 3. The lowest BCUT2D eigenvalue weighted by Crippen LogP contribution is -2.34. The minimum atomic E-state index is -0.465. The molecule has 0 unspecified atom stereocenters. The molecule has 2 N–H and O–H groups in total. The van der Waals surface area contributed by atoms with E-state index in [0.29, 0.717) is 24.6 Å². The lowest BCUT2D eigenvalue weighted by molar-refractivity contribution is -0.126. The second-order valence-corrected chi connectivity index (χ2v) is 8.46. The average Bonchev–Trinajstić information content (AvgIpc) is 3.12. The molecule has 9 heteroatoms. The normalized spacial score (nSPS) is 13.8. The van der Waals surface area contributed by atoms with Crippen LogP contribution in [-0.4, -0.2) is 40.9 Å². The predicted octanol–water partition coefficient (Wildman–Crippen LogP) is 4.28. The Labute approximate surface area is 182 Å². The molecule has 0 saturated heterocycles. The van der Waals surface area contributed by atoms with Crippen molar-refractivity contribution in [3.05, 3.63) is 58.0 Å². The molecule has 0 bridgehead atoms. The van der Waals surface area contributed by atoms with E-state index in [9.17, 15) is 9.18 Å². The maximum atomic E-state index is 13.5. The molecule has 1 aromatic carbocycles. The van der Waals surface area contributed by atoms with Gasteiger partial charge in [-0.1, -0.05) is 17.7 Å². The third-order valence-corrected chi connectivity index (χ3v) is 6.37. The molecular formula is C21H21ClFN5OS. The summed E-state index contributed by atoms with van der Waals surface area (Å²) in [7, 11) is 1.89.